The van der Waals surface area contributed by atoms with Crippen LogP contribution in [0.15, 0.2) is 0 Å². The van der Waals surface area contributed by atoms with Gasteiger partial charge in [0.2, 0.25) is 0 Å². The van der Waals surface area contributed by atoms with Crippen LogP contribution in [0.4, 0.5) is 0 Å². The SMILES string of the molecule is CC(=O)C(COC=O)CC(=O)O. The Morgan fingerprint density at radius 1 is 1.58 bits per heavy atom. The lowest BCUT2D eigenvalue weighted by Crippen LogP contribution is -2.20. The van der Waals surface area contributed by atoms with Crippen molar-refractivity contribution in [3.63, 3.8) is 0 Å². The third-order valence-corrected chi connectivity index (χ3v) is 1.36. The van der Waals surface area contributed by atoms with Gasteiger partial charge >= 0.3 is 5.97 Å². The van der Waals surface area contributed by atoms with Gasteiger partial charge in [0.1, 0.15) is 12.4 Å². The van der Waals surface area contributed by atoms with Crippen molar-refractivity contribution >= 4 is 18.2 Å². The molecule has 1 atom stereocenters. The van der Waals surface area contributed by atoms with Crippen molar-refractivity contribution in [2.75, 3.05) is 6.61 Å². The van der Waals surface area contributed by atoms with Gasteiger partial charge in [0.25, 0.3) is 6.47 Å². The van der Waals surface area contributed by atoms with Crippen molar-refractivity contribution in [2.45, 2.75) is 13.3 Å². The lowest BCUT2D eigenvalue weighted by Gasteiger charge is -2.08. The van der Waals surface area contributed by atoms with E-state index in [4.69, 9.17) is 5.11 Å². The Hall–Kier alpha value is -1.39. The number of rotatable bonds is 6. The van der Waals surface area contributed by atoms with Gasteiger partial charge in [0, 0.05) is 0 Å². The smallest absolute Gasteiger partial charge is 0.304 e. The molecular weight excluding hydrogens is 164 g/mol. The van der Waals surface area contributed by atoms with Crippen molar-refractivity contribution in [3.8, 4) is 0 Å². The Balaban J connectivity index is 3.94. The fourth-order valence-electron chi connectivity index (χ4n) is 0.686. The first-order valence-corrected chi connectivity index (χ1v) is 3.35. The molecule has 5 heteroatoms. The molecule has 0 fully saturated rings. The molecule has 1 unspecified atom stereocenters. The highest BCUT2D eigenvalue weighted by Crippen LogP contribution is 2.04. The second kappa shape index (κ2) is 5.29. The molecule has 12 heavy (non-hydrogen) atoms. The Labute approximate surface area is 69.3 Å². The van der Waals surface area contributed by atoms with Gasteiger partial charge in [-0.3, -0.25) is 14.4 Å². The molecule has 0 aromatic carbocycles. The number of carboxylic acid groups (broad SMARTS) is 1. The van der Waals surface area contributed by atoms with Gasteiger partial charge in [0.15, 0.2) is 0 Å². The molecule has 0 heterocycles. The number of Topliss-reactive ketones (excluding diaryl/α,β-unsaturated/α-hetero) is 1. The Kier molecular flexibility index (Phi) is 4.67. The molecule has 0 amide bonds. The molecular formula is C7H10O5. The van der Waals surface area contributed by atoms with E-state index in [1.54, 1.807) is 0 Å². The van der Waals surface area contributed by atoms with Crippen LogP contribution in [-0.2, 0) is 19.1 Å². The maximum absolute atomic E-state index is 10.7. The van der Waals surface area contributed by atoms with Gasteiger partial charge < -0.3 is 9.84 Å². The van der Waals surface area contributed by atoms with Gasteiger partial charge in [-0.15, -0.1) is 0 Å². The number of ketones is 1. The first-order valence-electron chi connectivity index (χ1n) is 3.35. The van der Waals surface area contributed by atoms with Crippen LogP contribution in [0.1, 0.15) is 13.3 Å². The van der Waals surface area contributed by atoms with E-state index < -0.39 is 11.9 Å². The maximum Gasteiger partial charge on any atom is 0.304 e. The maximum atomic E-state index is 10.7. The third-order valence-electron chi connectivity index (χ3n) is 1.36. The summed E-state index contributed by atoms with van der Waals surface area (Å²) in [5.74, 6) is -2.10. The average Bonchev–Trinajstić information content (AvgIpc) is 1.96. The molecule has 5 nitrogen and oxygen atoms in total. The van der Waals surface area contributed by atoms with Crippen molar-refractivity contribution < 1.29 is 24.2 Å². The average molecular weight is 174 g/mol. The van der Waals surface area contributed by atoms with E-state index in [1.807, 2.05) is 0 Å². The predicted molar refractivity (Wildman–Crippen MR) is 38.4 cm³/mol. The summed E-state index contributed by atoms with van der Waals surface area (Å²) in [6.45, 7) is 1.30. The van der Waals surface area contributed by atoms with E-state index >= 15 is 0 Å². The van der Waals surface area contributed by atoms with E-state index in [1.165, 1.54) is 6.92 Å². The molecule has 68 valence electrons. The van der Waals surface area contributed by atoms with Crippen LogP contribution in [0.25, 0.3) is 0 Å². The summed E-state index contributed by atoms with van der Waals surface area (Å²) in [5.41, 5.74) is 0. The normalized spacial score (nSPS) is 11.8. The van der Waals surface area contributed by atoms with Crippen LogP contribution in [0, 0.1) is 5.92 Å². The van der Waals surface area contributed by atoms with Crippen molar-refractivity contribution in [1.29, 1.82) is 0 Å². The molecule has 0 rings (SSSR count). The highest BCUT2D eigenvalue weighted by Gasteiger charge is 2.18. The monoisotopic (exact) mass is 174 g/mol. The molecule has 0 radical (unpaired) electrons. The largest absolute Gasteiger partial charge is 0.481 e. The molecule has 0 aliphatic carbocycles. The number of aliphatic carboxylic acids is 1. The summed E-state index contributed by atoms with van der Waals surface area (Å²) >= 11 is 0. The highest BCUT2D eigenvalue weighted by atomic mass is 16.5. The van der Waals surface area contributed by atoms with Crippen LogP contribution in [0.2, 0.25) is 0 Å². The molecule has 0 aliphatic heterocycles. The lowest BCUT2D eigenvalue weighted by atomic mass is 10.0. The molecule has 0 aromatic heterocycles. The van der Waals surface area contributed by atoms with Gasteiger partial charge in [-0.1, -0.05) is 0 Å². The minimum Gasteiger partial charge on any atom is -0.481 e. The lowest BCUT2D eigenvalue weighted by molar-refractivity contribution is -0.143. The molecule has 1 N–H and O–H groups in total. The van der Waals surface area contributed by atoms with E-state index in [2.05, 4.69) is 4.74 Å². The Morgan fingerprint density at radius 3 is 2.50 bits per heavy atom. The first-order chi connectivity index (χ1) is 5.57. The van der Waals surface area contributed by atoms with Crippen LogP contribution in [-0.4, -0.2) is 29.9 Å². The molecule has 0 saturated heterocycles. The summed E-state index contributed by atoms with van der Waals surface area (Å²) in [5, 5.41) is 8.34. The van der Waals surface area contributed by atoms with E-state index in [9.17, 15) is 14.4 Å². The number of ether oxygens (including phenoxy) is 1. The summed E-state index contributed by atoms with van der Waals surface area (Å²) in [6, 6.07) is 0. The second-order valence-corrected chi connectivity index (χ2v) is 2.33. The van der Waals surface area contributed by atoms with E-state index in [-0.39, 0.29) is 25.3 Å². The molecule has 0 aromatic rings. The topological polar surface area (TPSA) is 80.7 Å². The number of carbonyl (C=O) groups excluding carboxylic acids is 2. The van der Waals surface area contributed by atoms with Crippen LogP contribution >= 0.6 is 0 Å². The summed E-state index contributed by atoms with van der Waals surface area (Å²) in [4.78, 5) is 30.6. The Morgan fingerprint density at radius 2 is 2.17 bits per heavy atom. The van der Waals surface area contributed by atoms with Crippen LogP contribution in [0.3, 0.4) is 0 Å². The zero-order valence-corrected chi connectivity index (χ0v) is 6.65. The number of carboxylic acids is 1. The third kappa shape index (κ3) is 4.43. The fourth-order valence-corrected chi connectivity index (χ4v) is 0.686. The summed E-state index contributed by atoms with van der Waals surface area (Å²) in [6.07, 6.45) is -0.302. The molecule has 0 saturated carbocycles. The second-order valence-electron chi connectivity index (χ2n) is 2.33. The van der Waals surface area contributed by atoms with Crippen LogP contribution in [0.5, 0.6) is 0 Å². The number of hydrogen-bond acceptors (Lipinski definition) is 4. The zero-order valence-electron chi connectivity index (χ0n) is 6.65. The standard InChI is InChI=1S/C7H10O5/c1-5(9)6(2-7(10)11)3-12-4-8/h4,6H,2-3H2,1H3,(H,10,11). The summed E-state index contributed by atoms with van der Waals surface area (Å²) < 4.78 is 4.29. The fraction of sp³-hybridized carbons (Fsp3) is 0.571. The first kappa shape index (κ1) is 10.6. The zero-order chi connectivity index (χ0) is 9.56. The van der Waals surface area contributed by atoms with Gasteiger partial charge in [0.05, 0.1) is 12.3 Å². The molecule has 0 bridgehead atoms. The van der Waals surface area contributed by atoms with Crippen molar-refractivity contribution in [2.24, 2.45) is 5.92 Å². The van der Waals surface area contributed by atoms with Gasteiger partial charge in [-0.25, -0.2) is 0 Å². The quantitative estimate of drug-likeness (QED) is 0.566. The van der Waals surface area contributed by atoms with E-state index in [0.717, 1.165) is 0 Å². The number of hydrogen-bond donors (Lipinski definition) is 1. The molecule has 0 aliphatic rings. The summed E-state index contributed by atoms with van der Waals surface area (Å²) in [7, 11) is 0. The van der Waals surface area contributed by atoms with E-state index in [0.29, 0.717) is 0 Å². The predicted octanol–water partition coefficient (Wildman–Crippen LogP) is -0.161. The minimum absolute atomic E-state index is 0.162. The van der Waals surface area contributed by atoms with Crippen molar-refractivity contribution in [1.82, 2.24) is 0 Å². The van der Waals surface area contributed by atoms with Gasteiger partial charge in [-0.2, -0.15) is 0 Å². The number of carbonyl (C=O) groups is 3. The van der Waals surface area contributed by atoms with Crippen molar-refractivity contribution in [3.05, 3.63) is 0 Å². The molecule has 0 spiro atoms. The minimum atomic E-state index is -1.08. The Bertz CT molecular complexity index is 186. The highest BCUT2D eigenvalue weighted by molar-refractivity contribution is 5.83. The van der Waals surface area contributed by atoms with Crippen LogP contribution < -0.4 is 0 Å². The van der Waals surface area contributed by atoms with Gasteiger partial charge in [-0.05, 0) is 6.92 Å².